The smallest absolute Gasteiger partial charge is 0.241 e. The lowest BCUT2D eigenvalue weighted by Gasteiger charge is -2.35. The Balaban J connectivity index is 1.60. The number of para-hydroxylation sites is 1. The number of carbonyl (C=O) groups excluding carboxylic acids is 2. The third kappa shape index (κ3) is 3.00. The highest BCUT2D eigenvalue weighted by Crippen LogP contribution is 2.31. The zero-order valence-electron chi connectivity index (χ0n) is 15.3. The summed E-state index contributed by atoms with van der Waals surface area (Å²) in [5, 5.41) is 1.11. The molecule has 1 aromatic carbocycles. The first kappa shape index (κ1) is 16.8. The molecule has 2 unspecified atom stereocenters. The predicted octanol–water partition coefficient (Wildman–Crippen LogP) is 1.75. The van der Waals surface area contributed by atoms with Gasteiger partial charge in [-0.3, -0.25) is 9.59 Å². The van der Waals surface area contributed by atoms with Crippen molar-refractivity contribution in [3.8, 4) is 0 Å². The number of likely N-dealkylation sites (N-methyl/N-ethyl adjacent to an activating group) is 1. The van der Waals surface area contributed by atoms with Gasteiger partial charge >= 0.3 is 0 Å². The summed E-state index contributed by atoms with van der Waals surface area (Å²) in [7, 11) is 3.46. The molecular weight excluding hydrogens is 328 g/mol. The van der Waals surface area contributed by atoms with Crippen LogP contribution in [0.2, 0.25) is 0 Å². The molecule has 6 nitrogen and oxygen atoms in total. The molecule has 6 heteroatoms. The maximum atomic E-state index is 12.9. The summed E-state index contributed by atoms with van der Waals surface area (Å²) in [6.07, 6.45) is 1.83. The summed E-state index contributed by atoms with van der Waals surface area (Å²) < 4.78 is 0. The van der Waals surface area contributed by atoms with E-state index in [1.807, 2.05) is 24.3 Å². The largest absolute Gasteiger partial charge is 0.354 e. The van der Waals surface area contributed by atoms with Gasteiger partial charge < -0.3 is 14.7 Å². The number of benzene rings is 1. The van der Waals surface area contributed by atoms with Gasteiger partial charge in [0.1, 0.15) is 12.4 Å². The first-order valence-electron chi connectivity index (χ1n) is 9.14. The van der Waals surface area contributed by atoms with E-state index in [1.54, 1.807) is 23.9 Å². The predicted molar refractivity (Wildman–Crippen MR) is 101 cm³/mol. The van der Waals surface area contributed by atoms with Gasteiger partial charge in [-0.1, -0.05) is 18.2 Å². The lowest BCUT2D eigenvalue weighted by molar-refractivity contribution is -0.145. The van der Waals surface area contributed by atoms with Gasteiger partial charge in [-0.2, -0.15) is 0 Å². The fourth-order valence-electron chi connectivity index (χ4n) is 3.95. The van der Waals surface area contributed by atoms with Crippen LogP contribution in [-0.4, -0.2) is 66.4 Å². The van der Waals surface area contributed by atoms with Crippen LogP contribution in [0.15, 0.2) is 36.4 Å². The minimum atomic E-state index is -0.0583. The van der Waals surface area contributed by atoms with Gasteiger partial charge in [0.25, 0.3) is 0 Å². The summed E-state index contributed by atoms with van der Waals surface area (Å²) in [5.41, 5.74) is 0.965. The van der Waals surface area contributed by atoms with Crippen molar-refractivity contribution in [1.82, 2.24) is 14.8 Å². The molecule has 0 aliphatic carbocycles. The van der Waals surface area contributed by atoms with Crippen molar-refractivity contribution in [3.63, 3.8) is 0 Å². The molecule has 3 saturated heterocycles. The normalized spacial score (nSPS) is 22.6. The third-order valence-electron chi connectivity index (χ3n) is 5.51. The fourth-order valence-corrected chi connectivity index (χ4v) is 3.95. The SMILES string of the molecule is CN(C)C(=O)CN1C(=O)C2CCC1CN(c1ccc3ccccc3n1)C2. The minimum Gasteiger partial charge on any atom is -0.354 e. The Labute approximate surface area is 153 Å². The van der Waals surface area contributed by atoms with Crippen LogP contribution in [-0.2, 0) is 9.59 Å². The number of pyridine rings is 1. The molecule has 2 amide bonds. The van der Waals surface area contributed by atoms with Crippen LogP contribution in [0.3, 0.4) is 0 Å². The lowest BCUT2D eigenvalue weighted by atomic mass is 9.94. The van der Waals surface area contributed by atoms with Gasteiger partial charge in [-0.05, 0) is 31.0 Å². The highest BCUT2D eigenvalue weighted by Gasteiger charge is 2.41. The van der Waals surface area contributed by atoms with Crippen LogP contribution >= 0.6 is 0 Å². The molecule has 5 rings (SSSR count). The van der Waals surface area contributed by atoms with Gasteiger partial charge in [0.2, 0.25) is 11.8 Å². The number of anilines is 1. The molecule has 1 aromatic heterocycles. The maximum Gasteiger partial charge on any atom is 0.241 e. The molecule has 2 atom stereocenters. The first-order valence-corrected chi connectivity index (χ1v) is 9.14. The number of piperidine rings is 1. The minimum absolute atomic E-state index is 0.0266. The summed E-state index contributed by atoms with van der Waals surface area (Å²) >= 11 is 0. The van der Waals surface area contributed by atoms with E-state index >= 15 is 0 Å². The van der Waals surface area contributed by atoms with Crippen molar-refractivity contribution < 1.29 is 9.59 Å². The van der Waals surface area contributed by atoms with E-state index in [4.69, 9.17) is 4.98 Å². The van der Waals surface area contributed by atoms with E-state index in [-0.39, 0.29) is 30.3 Å². The first-order chi connectivity index (χ1) is 12.5. The monoisotopic (exact) mass is 352 g/mol. The molecule has 3 aliphatic heterocycles. The van der Waals surface area contributed by atoms with E-state index in [2.05, 4.69) is 17.0 Å². The second kappa shape index (κ2) is 6.59. The Kier molecular flexibility index (Phi) is 4.26. The number of rotatable bonds is 3. The number of aromatic nitrogens is 1. The second-order valence-corrected chi connectivity index (χ2v) is 7.45. The average Bonchev–Trinajstić information content (AvgIpc) is 2.94. The van der Waals surface area contributed by atoms with Crippen molar-refractivity contribution in [2.24, 2.45) is 5.92 Å². The molecule has 2 bridgehead atoms. The number of nitrogens with zero attached hydrogens (tertiary/aromatic N) is 4. The molecule has 0 spiro atoms. The van der Waals surface area contributed by atoms with Crippen LogP contribution in [0.4, 0.5) is 5.82 Å². The van der Waals surface area contributed by atoms with Crippen molar-refractivity contribution in [2.75, 3.05) is 38.6 Å². The topological polar surface area (TPSA) is 56.8 Å². The van der Waals surface area contributed by atoms with Crippen LogP contribution in [0.5, 0.6) is 0 Å². The maximum absolute atomic E-state index is 12.9. The molecular formula is C20H24N4O2. The van der Waals surface area contributed by atoms with Crippen LogP contribution in [0, 0.1) is 5.92 Å². The van der Waals surface area contributed by atoms with E-state index in [0.717, 1.165) is 36.1 Å². The number of carbonyl (C=O) groups is 2. The highest BCUT2D eigenvalue weighted by atomic mass is 16.2. The number of hydrogen-bond acceptors (Lipinski definition) is 4. The zero-order valence-corrected chi connectivity index (χ0v) is 15.3. The molecule has 0 radical (unpaired) electrons. The molecule has 2 aromatic rings. The van der Waals surface area contributed by atoms with Gasteiger partial charge in [0, 0.05) is 38.6 Å². The zero-order chi connectivity index (χ0) is 18.3. The summed E-state index contributed by atoms with van der Waals surface area (Å²) in [4.78, 5) is 35.4. The second-order valence-electron chi connectivity index (χ2n) is 7.45. The van der Waals surface area contributed by atoms with Crippen molar-refractivity contribution in [2.45, 2.75) is 18.9 Å². The Hall–Kier alpha value is -2.63. The van der Waals surface area contributed by atoms with Crippen molar-refractivity contribution in [1.29, 1.82) is 0 Å². The van der Waals surface area contributed by atoms with Gasteiger partial charge in [0.05, 0.1) is 11.4 Å². The van der Waals surface area contributed by atoms with E-state index in [0.29, 0.717) is 6.54 Å². The molecule has 0 saturated carbocycles. The Morgan fingerprint density at radius 2 is 1.96 bits per heavy atom. The van der Waals surface area contributed by atoms with Crippen LogP contribution in [0.25, 0.3) is 10.9 Å². The summed E-state index contributed by atoms with van der Waals surface area (Å²) in [6, 6.07) is 12.2. The fraction of sp³-hybridized carbons (Fsp3) is 0.450. The van der Waals surface area contributed by atoms with E-state index in [9.17, 15) is 9.59 Å². The number of hydrogen-bond donors (Lipinski definition) is 0. The molecule has 3 aliphatic rings. The quantitative estimate of drug-likeness (QED) is 0.845. The average molecular weight is 352 g/mol. The molecule has 26 heavy (non-hydrogen) atoms. The van der Waals surface area contributed by atoms with E-state index < -0.39 is 0 Å². The van der Waals surface area contributed by atoms with Gasteiger partial charge in [0.15, 0.2) is 0 Å². The van der Waals surface area contributed by atoms with Crippen molar-refractivity contribution >= 4 is 28.5 Å². The highest BCUT2D eigenvalue weighted by molar-refractivity contribution is 5.87. The summed E-state index contributed by atoms with van der Waals surface area (Å²) in [5.74, 6) is 0.937. The third-order valence-corrected chi connectivity index (χ3v) is 5.51. The molecule has 4 heterocycles. The number of fused-ring (bicyclic) bond motifs is 5. The van der Waals surface area contributed by atoms with Crippen LogP contribution < -0.4 is 4.90 Å². The van der Waals surface area contributed by atoms with Crippen molar-refractivity contribution in [3.05, 3.63) is 36.4 Å². The molecule has 136 valence electrons. The standard InChI is InChI=1S/C20H24N4O2/c1-22(2)19(25)13-24-16-9-7-15(20(24)26)11-23(12-16)18-10-8-14-5-3-4-6-17(14)21-18/h3-6,8,10,15-16H,7,9,11-13H2,1-2H3. The van der Waals surface area contributed by atoms with Gasteiger partial charge in [-0.15, -0.1) is 0 Å². The Bertz CT molecular complexity index is 851. The van der Waals surface area contributed by atoms with Crippen LogP contribution in [0.1, 0.15) is 12.8 Å². The molecule has 3 fully saturated rings. The van der Waals surface area contributed by atoms with E-state index in [1.165, 1.54) is 0 Å². The Morgan fingerprint density at radius 1 is 1.15 bits per heavy atom. The van der Waals surface area contributed by atoms with Gasteiger partial charge in [-0.25, -0.2) is 4.98 Å². The number of amides is 2. The molecule has 0 N–H and O–H groups in total. The summed E-state index contributed by atoms with van der Waals surface area (Å²) in [6.45, 7) is 1.58. The Morgan fingerprint density at radius 3 is 2.77 bits per heavy atom. The lowest BCUT2D eigenvalue weighted by Crippen LogP contribution is -2.51.